The van der Waals surface area contributed by atoms with Crippen molar-refractivity contribution in [2.45, 2.75) is 32.7 Å². The number of likely N-dealkylation sites (N-methyl/N-ethyl adjacent to an activating group) is 1. The van der Waals surface area contributed by atoms with Gasteiger partial charge in [0.25, 0.3) is 0 Å². The van der Waals surface area contributed by atoms with Gasteiger partial charge in [0.2, 0.25) is 5.95 Å². The van der Waals surface area contributed by atoms with Crippen LogP contribution in [0.3, 0.4) is 0 Å². The van der Waals surface area contributed by atoms with Crippen LogP contribution in [0.25, 0.3) is 10.9 Å². The van der Waals surface area contributed by atoms with Gasteiger partial charge in [-0.25, -0.2) is 4.98 Å². The molecule has 2 aromatic heterocycles. The van der Waals surface area contributed by atoms with Crippen molar-refractivity contribution in [2.24, 2.45) is 7.05 Å². The molecular formula is C32H43ClN9OP. The zero-order chi connectivity index (χ0) is 31.2. The smallest absolute Gasteiger partial charge is 0.229 e. The Balaban J connectivity index is 1.18. The lowest BCUT2D eigenvalue weighted by Gasteiger charge is -2.42. The maximum absolute atomic E-state index is 13.2. The maximum Gasteiger partial charge on any atom is 0.229 e. The third kappa shape index (κ3) is 6.31. The van der Waals surface area contributed by atoms with Crippen LogP contribution < -0.4 is 20.8 Å². The van der Waals surface area contributed by atoms with E-state index in [0.717, 1.165) is 70.7 Å². The van der Waals surface area contributed by atoms with Gasteiger partial charge in [-0.15, -0.1) is 0 Å². The fourth-order valence-corrected chi connectivity index (χ4v) is 8.38. The van der Waals surface area contributed by atoms with Gasteiger partial charge < -0.3 is 25.0 Å². The lowest BCUT2D eigenvalue weighted by Crippen LogP contribution is -2.52. The van der Waals surface area contributed by atoms with Crippen LogP contribution in [-0.2, 0) is 11.6 Å². The van der Waals surface area contributed by atoms with Crippen molar-refractivity contribution in [1.29, 1.82) is 0 Å². The van der Waals surface area contributed by atoms with Gasteiger partial charge in [0.05, 0.1) is 17.4 Å². The maximum atomic E-state index is 13.2. The van der Waals surface area contributed by atoms with Gasteiger partial charge in [-0.3, -0.25) is 9.58 Å². The molecule has 0 radical (unpaired) electrons. The quantitative estimate of drug-likeness (QED) is 0.252. The van der Waals surface area contributed by atoms with Gasteiger partial charge in [-0.2, -0.15) is 10.1 Å². The monoisotopic (exact) mass is 635 g/mol. The average Bonchev–Trinajstić information content (AvgIpc) is 3.32. The number of fused-ring (bicyclic) bond motifs is 1. The van der Waals surface area contributed by atoms with Crippen LogP contribution in [0.2, 0.25) is 5.02 Å². The van der Waals surface area contributed by atoms with E-state index in [1.54, 1.807) is 19.5 Å². The van der Waals surface area contributed by atoms with Gasteiger partial charge in [0, 0.05) is 68.7 Å². The number of anilines is 5. The number of piperazine rings is 1. The van der Waals surface area contributed by atoms with Crippen LogP contribution in [0.1, 0.15) is 24.0 Å². The Bertz CT molecular complexity index is 1720. The molecule has 10 nitrogen and oxygen atoms in total. The van der Waals surface area contributed by atoms with E-state index in [2.05, 4.69) is 54.5 Å². The van der Waals surface area contributed by atoms with Crippen LogP contribution in [0.4, 0.5) is 29.0 Å². The van der Waals surface area contributed by atoms with Gasteiger partial charge in [-0.1, -0.05) is 17.7 Å². The predicted molar refractivity (Wildman–Crippen MR) is 184 cm³/mol. The Morgan fingerprint density at radius 2 is 1.68 bits per heavy atom. The van der Waals surface area contributed by atoms with E-state index in [1.165, 1.54) is 25.9 Å². The molecule has 0 amide bonds. The first kappa shape index (κ1) is 30.8. The zero-order valence-electron chi connectivity index (χ0n) is 26.6. The summed E-state index contributed by atoms with van der Waals surface area (Å²) in [5.41, 5.74) is 4.74. The molecule has 234 valence electrons. The van der Waals surface area contributed by atoms with Gasteiger partial charge in [-0.05, 0) is 82.5 Å². The number of halogens is 1. The van der Waals surface area contributed by atoms with Crippen LogP contribution in [0.5, 0.6) is 0 Å². The summed E-state index contributed by atoms with van der Waals surface area (Å²) in [6.45, 7) is 14.3. The Morgan fingerprint density at radius 1 is 0.955 bits per heavy atom. The summed E-state index contributed by atoms with van der Waals surface area (Å²) in [5, 5.41) is 13.9. The van der Waals surface area contributed by atoms with Crippen molar-refractivity contribution in [2.75, 3.05) is 75.2 Å². The molecular weight excluding hydrogens is 593 g/mol. The molecule has 0 spiro atoms. The van der Waals surface area contributed by atoms with Crippen LogP contribution in [0.15, 0.2) is 36.5 Å². The Labute approximate surface area is 265 Å². The van der Waals surface area contributed by atoms with Crippen molar-refractivity contribution in [1.82, 2.24) is 29.5 Å². The van der Waals surface area contributed by atoms with Crippen molar-refractivity contribution >= 4 is 63.9 Å². The second-order valence-corrected chi connectivity index (χ2v) is 16.2. The Morgan fingerprint density at radius 3 is 2.39 bits per heavy atom. The van der Waals surface area contributed by atoms with E-state index >= 15 is 0 Å². The number of piperidine rings is 1. The van der Waals surface area contributed by atoms with E-state index < -0.39 is 7.14 Å². The molecule has 2 aliphatic rings. The molecule has 4 heterocycles. The minimum atomic E-state index is -2.57. The van der Waals surface area contributed by atoms with E-state index in [-0.39, 0.29) is 0 Å². The summed E-state index contributed by atoms with van der Waals surface area (Å²) in [5.74, 6) is 1.91. The lowest BCUT2D eigenvalue weighted by molar-refractivity contribution is 0.0981. The van der Waals surface area contributed by atoms with Crippen molar-refractivity contribution in [3.63, 3.8) is 0 Å². The number of nitrogens with zero attached hydrogens (tertiary/aromatic N) is 7. The van der Waals surface area contributed by atoms with Gasteiger partial charge in [0.1, 0.15) is 12.2 Å². The number of aromatic nitrogens is 4. The summed E-state index contributed by atoms with van der Waals surface area (Å²) in [6.07, 6.45) is 3.91. The molecule has 2 fully saturated rings. The summed E-state index contributed by atoms with van der Waals surface area (Å²) in [4.78, 5) is 16.6. The largest absolute Gasteiger partial charge is 0.355 e. The molecule has 0 unspecified atom stereocenters. The molecule has 12 heteroatoms. The fraction of sp³-hybridized carbons (Fsp3) is 0.469. The number of rotatable bonds is 7. The number of nitrogens with one attached hydrogen (secondary N) is 2. The minimum absolute atomic E-state index is 0.380. The van der Waals surface area contributed by atoms with E-state index in [0.29, 0.717) is 22.8 Å². The molecule has 0 atom stereocenters. The van der Waals surface area contributed by atoms with E-state index in [1.807, 2.05) is 43.8 Å². The Hall–Kier alpha value is -3.17. The van der Waals surface area contributed by atoms with Gasteiger partial charge >= 0.3 is 0 Å². The molecule has 2 aromatic carbocycles. The normalized spacial score (nSPS) is 17.4. The summed E-state index contributed by atoms with van der Waals surface area (Å²) < 4.78 is 15.1. The number of benzene rings is 2. The summed E-state index contributed by atoms with van der Waals surface area (Å²) >= 11 is 6.52. The molecule has 2 saturated heterocycles. The Kier molecular flexibility index (Phi) is 8.63. The average molecular weight is 636 g/mol. The van der Waals surface area contributed by atoms with Crippen molar-refractivity contribution in [3.05, 3.63) is 52.7 Å². The second-order valence-electron chi connectivity index (χ2n) is 12.6. The first-order valence-corrected chi connectivity index (χ1v) is 18.3. The topological polar surface area (TPSA) is 94.5 Å². The SMILES string of the molecule is Cc1ccc(Nc2nc(Nc3ccc4c(N5CCC(N6CCN(C)CC6)CC5)nn(C)c4c3)ncc2Cl)c(P(C)(C)=O)c1C. The molecule has 0 aliphatic carbocycles. The minimum Gasteiger partial charge on any atom is -0.355 e. The first-order valence-electron chi connectivity index (χ1n) is 15.3. The number of aryl methyl sites for hydroxylation is 2. The van der Waals surface area contributed by atoms with Crippen molar-refractivity contribution in [3.8, 4) is 0 Å². The molecule has 2 N–H and O–H groups in total. The first-order chi connectivity index (χ1) is 21.0. The van der Waals surface area contributed by atoms with E-state index in [4.69, 9.17) is 16.7 Å². The zero-order valence-corrected chi connectivity index (χ0v) is 28.2. The highest BCUT2D eigenvalue weighted by molar-refractivity contribution is 7.70. The predicted octanol–water partition coefficient (Wildman–Crippen LogP) is 5.58. The third-order valence-corrected chi connectivity index (χ3v) is 11.1. The molecule has 0 saturated carbocycles. The highest BCUT2D eigenvalue weighted by Crippen LogP contribution is 2.41. The molecule has 2 aliphatic heterocycles. The van der Waals surface area contributed by atoms with Gasteiger partial charge in [0.15, 0.2) is 11.6 Å². The van der Waals surface area contributed by atoms with Crippen LogP contribution >= 0.6 is 18.7 Å². The molecule has 44 heavy (non-hydrogen) atoms. The second kappa shape index (κ2) is 12.3. The molecule has 4 aromatic rings. The summed E-state index contributed by atoms with van der Waals surface area (Å²) in [7, 11) is 1.64. The van der Waals surface area contributed by atoms with E-state index in [9.17, 15) is 4.57 Å². The molecule has 0 bridgehead atoms. The van der Waals surface area contributed by atoms with Crippen LogP contribution in [0, 0.1) is 13.8 Å². The number of hydrogen-bond acceptors (Lipinski definition) is 9. The van der Waals surface area contributed by atoms with Crippen molar-refractivity contribution < 1.29 is 4.57 Å². The lowest BCUT2D eigenvalue weighted by atomic mass is 10.0. The summed E-state index contributed by atoms with van der Waals surface area (Å²) in [6, 6.07) is 10.9. The highest BCUT2D eigenvalue weighted by Gasteiger charge is 2.28. The standard InChI is InChI=1S/C32H43ClN9OP/c1-21-7-10-27(29(22(21)2)44(5,6)43)36-30-26(33)20-34-32(37-30)35-23-8-9-25-28(19-23)40(4)38-31(25)42-13-11-24(12-14-42)41-17-15-39(3)16-18-41/h7-10,19-20,24H,11-18H2,1-6H3,(H2,34,35,36,37). The fourth-order valence-electron chi connectivity index (χ4n) is 6.55. The van der Waals surface area contributed by atoms with Crippen LogP contribution in [-0.4, -0.2) is 95.2 Å². The molecule has 6 rings (SSSR count). The highest BCUT2D eigenvalue weighted by atomic mass is 35.5. The third-order valence-electron chi connectivity index (χ3n) is 9.14. The number of hydrogen-bond donors (Lipinski definition) is 2.